The highest BCUT2D eigenvalue weighted by Crippen LogP contribution is 2.10. The van der Waals surface area contributed by atoms with Crippen molar-refractivity contribution in [3.05, 3.63) is 24.0 Å². The average molecular weight is 180 g/mol. The van der Waals surface area contributed by atoms with Crippen molar-refractivity contribution in [1.82, 2.24) is 10.3 Å². The zero-order chi connectivity index (χ0) is 9.68. The first-order chi connectivity index (χ1) is 6.27. The Kier molecular flexibility index (Phi) is 3.25. The van der Waals surface area contributed by atoms with Gasteiger partial charge in [0.15, 0.2) is 0 Å². The maximum Gasteiger partial charge on any atom is 0.269 e. The van der Waals surface area contributed by atoms with E-state index in [0.717, 1.165) is 0 Å². The van der Waals surface area contributed by atoms with E-state index in [4.69, 9.17) is 4.74 Å². The minimum atomic E-state index is -0.207. The molecule has 1 heterocycles. The normalized spacial score (nSPS) is 9.38. The number of ether oxygens (including phenoxy) is 1. The molecule has 4 nitrogen and oxygen atoms in total. The lowest BCUT2D eigenvalue weighted by molar-refractivity contribution is 0.0957. The van der Waals surface area contributed by atoms with E-state index >= 15 is 0 Å². The number of rotatable bonds is 3. The molecular weight excluding hydrogens is 168 g/mol. The van der Waals surface area contributed by atoms with Crippen molar-refractivity contribution in [1.29, 1.82) is 0 Å². The van der Waals surface area contributed by atoms with Crippen molar-refractivity contribution in [2.24, 2.45) is 0 Å². The summed E-state index contributed by atoms with van der Waals surface area (Å²) in [6.45, 7) is 2.47. The summed E-state index contributed by atoms with van der Waals surface area (Å²) >= 11 is 0. The summed E-state index contributed by atoms with van der Waals surface area (Å²) in [5.74, 6) is 0.456. The zero-order valence-corrected chi connectivity index (χ0v) is 7.70. The molecular formula is C9H12N2O2. The highest BCUT2D eigenvalue weighted by atomic mass is 16.5. The Labute approximate surface area is 76.9 Å². The fourth-order valence-corrected chi connectivity index (χ4v) is 0.920. The van der Waals surface area contributed by atoms with Crippen LogP contribution >= 0.6 is 0 Å². The van der Waals surface area contributed by atoms with Crippen LogP contribution in [0.2, 0.25) is 0 Å². The number of amides is 1. The second kappa shape index (κ2) is 4.45. The Balaban J connectivity index is 2.85. The van der Waals surface area contributed by atoms with Gasteiger partial charge >= 0.3 is 0 Å². The monoisotopic (exact) mass is 180 g/mol. The third kappa shape index (κ3) is 2.43. The molecule has 0 aliphatic heterocycles. The predicted molar refractivity (Wildman–Crippen MR) is 48.8 cm³/mol. The number of carbonyl (C=O) groups excluding carboxylic acids is 1. The minimum Gasteiger partial charge on any atom is -0.494 e. The standard InChI is InChI=1S/C9H12N2O2/c1-3-13-7-4-5-11-8(6-7)9(12)10-2/h4-6H,3H2,1-2H3,(H,10,12). The van der Waals surface area contributed by atoms with Crippen LogP contribution in [-0.2, 0) is 0 Å². The highest BCUT2D eigenvalue weighted by molar-refractivity contribution is 5.92. The van der Waals surface area contributed by atoms with Crippen LogP contribution in [0.5, 0.6) is 5.75 Å². The summed E-state index contributed by atoms with van der Waals surface area (Å²) in [4.78, 5) is 15.0. The van der Waals surface area contributed by atoms with E-state index in [1.807, 2.05) is 6.92 Å². The fraction of sp³-hybridized carbons (Fsp3) is 0.333. The van der Waals surface area contributed by atoms with Crippen molar-refractivity contribution in [2.45, 2.75) is 6.92 Å². The molecule has 1 rings (SSSR count). The van der Waals surface area contributed by atoms with Gasteiger partial charge in [-0.3, -0.25) is 9.78 Å². The molecule has 0 aliphatic rings. The number of hydrogen-bond acceptors (Lipinski definition) is 3. The summed E-state index contributed by atoms with van der Waals surface area (Å²) in [7, 11) is 1.57. The van der Waals surface area contributed by atoms with E-state index < -0.39 is 0 Å². The largest absolute Gasteiger partial charge is 0.494 e. The minimum absolute atomic E-state index is 0.207. The third-order valence-electron chi connectivity index (χ3n) is 1.50. The van der Waals surface area contributed by atoms with E-state index in [1.54, 1.807) is 25.4 Å². The van der Waals surface area contributed by atoms with Crippen molar-refractivity contribution in [2.75, 3.05) is 13.7 Å². The number of aromatic nitrogens is 1. The SMILES string of the molecule is CCOc1ccnc(C(=O)NC)c1. The first-order valence-corrected chi connectivity index (χ1v) is 4.09. The molecule has 0 aliphatic carbocycles. The molecule has 0 bridgehead atoms. The lowest BCUT2D eigenvalue weighted by Crippen LogP contribution is -2.19. The number of hydrogen-bond donors (Lipinski definition) is 1. The van der Waals surface area contributed by atoms with Crippen LogP contribution in [-0.4, -0.2) is 24.5 Å². The van der Waals surface area contributed by atoms with Gasteiger partial charge in [-0.1, -0.05) is 0 Å². The van der Waals surface area contributed by atoms with Gasteiger partial charge in [0, 0.05) is 19.3 Å². The second-order valence-electron chi connectivity index (χ2n) is 2.39. The molecule has 70 valence electrons. The van der Waals surface area contributed by atoms with Gasteiger partial charge in [0.25, 0.3) is 5.91 Å². The predicted octanol–water partition coefficient (Wildman–Crippen LogP) is 0.840. The van der Waals surface area contributed by atoms with Gasteiger partial charge in [-0.2, -0.15) is 0 Å². The van der Waals surface area contributed by atoms with Crippen LogP contribution < -0.4 is 10.1 Å². The highest BCUT2D eigenvalue weighted by Gasteiger charge is 2.04. The molecule has 1 N–H and O–H groups in total. The van der Waals surface area contributed by atoms with Crippen molar-refractivity contribution >= 4 is 5.91 Å². The van der Waals surface area contributed by atoms with E-state index in [9.17, 15) is 4.79 Å². The lowest BCUT2D eigenvalue weighted by Gasteiger charge is -2.03. The summed E-state index contributed by atoms with van der Waals surface area (Å²) in [5.41, 5.74) is 0.369. The molecule has 0 radical (unpaired) electrons. The molecule has 0 atom stereocenters. The van der Waals surface area contributed by atoms with Crippen molar-refractivity contribution in [3.63, 3.8) is 0 Å². The summed E-state index contributed by atoms with van der Waals surface area (Å²) in [6.07, 6.45) is 1.55. The van der Waals surface area contributed by atoms with E-state index in [-0.39, 0.29) is 5.91 Å². The molecule has 13 heavy (non-hydrogen) atoms. The van der Waals surface area contributed by atoms with Gasteiger partial charge in [-0.05, 0) is 13.0 Å². The molecule has 0 spiro atoms. The fourth-order valence-electron chi connectivity index (χ4n) is 0.920. The van der Waals surface area contributed by atoms with Crippen LogP contribution in [0.4, 0.5) is 0 Å². The molecule has 0 aromatic carbocycles. The molecule has 0 fully saturated rings. The van der Waals surface area contributed by atoms with Crippen molar-refractivity contribution < 1.29 is 9.53 Å². The third-order valence-corrected chi connectivity index (χ3v) is 1.50. The van der Waals surface area contributed by atoms with Gasteiger partial charge < -0.3 is 10.1 Å². The number of nitrogens with zero attached hydrogens (tertiary/aromatic N) is 1. The van der Waals surface area contributed by atoms with E-state index in [0.29, 0.717) is 18.1 Å². The lowest BCUT2D eigenvalue weighted by atomic mass is 10.3. The smallest absolute Gasteiger partial charge is 0.269 e. The van der Waals surface area contributed by atoms with E-state index in [2.05, 4.69) is 10.3 Å². The molecule has 1 aromatic heterocycles. The molecule has 0 unspecified atom stereocenters. The second-order valence-corrected chi connectivity index (χ2v) is 2.39. The van der Waals surface area contributed by atoms with Crippen LogP contribution in [0.1, 0.15) is 17.4 Å². The first-order valence-electron chi connectivity index (χ1n) is 4.09. The maximum atomic E-state index is 11.1. The maximum absolute atomic E-state index is 11.1. The summed E-state index contributed by atoms with van der Waals surface area (Å²) in [6, 6.07) is 3.33. The van der Waals surface area contributed by atoms with E-state index in [1.165, 1.54) is 0 Å². The van der Waals surface area contributed by atoms with Gasteiger partial charge in [-0.25, -0.2) is 0 Å². The zero-order valence-electron chi connectivity index (χ0n) is 7.70. The molecule has 0 saturated heterocycles. The Morgan fingerprint density at radius 1 is 1.69 bits per heavy atom. The Morgan fingerprint density at radius 3 is 3.08 bits per heavy atom. The van der Waals surface area contributed by atoms with Crippen LogP contribution in [0.15, 0.2) is 18.3 Å². The van der Waals surface area contributed by atoms with Gasteiger partial charge in [0.2, 0.25) is 0 Å². The number of carbonyl (C=O) groups is 1. The van der Waals surface area contributed by atoms with Gasteiger partial charge in [0.1, 0.15) is 11.4 Å². The van der Waals surface area contributed by atoms with Crippen LogP contribution in [0.25, 0.3) is 0 Å². The van der Waals surface area contributed by atoms with Crippen molar-refractivity contribution in [3.8, 4) is 5.75 Å². The Bertz CT molecular complexity index is 299. The van der Waals surface area contributed by atoms with Crippen LogP contribution in [0, 0.1) is 0 Å². The molecule has 1 amide bonds. The Hall–Kier alpha value is -1.58. The Morgan fingerprint density at radius 2 is 2.46 bits per heavy atom. The average Bonchev–Trinajstić information content (AvgIpc) is 2.18. The molecule has 4 heteroatoms. The molecule has 1 aromatic rings. The first kappa shape index (κ1) is 9.51. The van der Waals surface area contributed by atoms with Gasteiger partial charge in [0.05, 0.1) is 6.61 Å². The van der Waals surface area contributed by atoms with Gasteiger partial charge in [-0.15, -0.1) is 0 Å². The number of nitrogens with one attached hydrogen (secondary N) is 1. The van der Waals surface area contributed by atoms with Crippen LogP contribution in [0.3, 0.4) is 0 Å². The quantitative estimate of drug-likeness (QED) is 0.749. The molecule has 0 saturated carbocycles. The topological polar surface area (TPSA) is 51.2 Å². The summed E-state index contributed by atoms with van der Waals surface area (Å²) < 4.78 is 5.22. The summed E-state index contributed by atoms with van der Waals surface area (Å²) in [5, 5.41) is 2.49. The number of pyridine rings is 1.